The highest BCUT2D eigenvalue weighted by molar-refractivity contribution is 8.13. The van der Waals surface area contributed by atoms with Gasteiger partial charge in [0.05, 0.1) is 16.1 Å². The molecule has 3 N–H and O–H groups in total. The molecule has 1 atom stereocenters. The van der Waals surface area contributed by atoms with Crippen LogP contribution in [0.2, 0.25) is 5.02 Å². The monoisotopic (exact) mass is 428 g/mol. The predicted molar refractivity (Wildman–Crippen MR) is 105 cm³/mol. The van der Waals surface area contributed by atoms with Gasteiger partial charge >= 0.3 is 6.18 Å². The fourth-order valence-electron chi connectivity index (χ4n) is 2.78. The van der Waals surface area contributed by atoms with Crippen molar-refractivity contribution in [3.63, 3.8) is 0 Å². The van der Waals surface area contributed by atoms with E-state index in [0.717, 1.165) is 17.7 Å². The lowest BCUT2D eigenvalue weighted by Gasteiger charge is -2.30. The lowest BCUT2D eigenvalue weighted by atomic mass is 9.89. The van der Waals surface area contributed by atoms with E-state index in [1.54, 1.807) is 18.2 Å². The number of rotatable bonds is 3. The van der Waals surface area contributed by atoms with Gasteiger partial charge in [-0.2, -0.15) is 13.2 Å². The van der Waals surface area contributed by atoms with Gasteiger partial charge in [0, 0.05) is 17.6 Å². The van der Waals surface area contributed by atoms with E-state index in [4.69, 9.17) is 17.3 Å². The SMILES string of the molecule is CC1(c2cccc(NC(=O)c3ncc(C(F)(F)F)cc3Cl)c2)CCSC(N)=N1. The lowest BCUT2D eigenvalue weighted by Crippen LogP contribution is -2.28. The second-order valence-corrected chi connectivity index (χ2v) is 7.93. The first kappa shape index (κ1) is 20.5. The third-order valence-electron chi connectivity index (χ3n) is 4.32. The first-order valence-corrected chi connectivity index (χ1v) is 9.58. The maximum Gasteiger partial charge on any atom is 0.417 e. The van der Waals surface area contributed by atoms with Crippen molar-refractivity contribution in [2.24, 2.45) is 10.7 Å². The minimum atomic E-state index is -4.59. The van der Waals surface area contributed by atoms with Crippen LogP contribution in [-0.4, -0.2) is 21.8 Å². The van der Waals surface area contributed by atoms with Gasteiger partial charge in [0.1, 0.15) is 5.69 Å². The molecule has 1 amide bonds. The number of nitrogens with two attached hydrogens (primary N) is 1. The van der Waals surface area contributed by atoms with Crippen molar-refractivity contribution in [2.75, 3.05) is 11.1 Å². The molecule has 0 bridgehead atoms. The van der Waals surface area contributed by atoms with Crippen molar-refractivity contribution in [3.05, 3.63) is 58.4 Å². The summed E-state index contributed by atoms with van der Waals surface area (Å²) in [5.74, 6) is 0.122. The Bertz CT molecular complexity index is 951. The molecule has 148 valence electrons. The largest absolute Gasteiger partial charge is 0.417 e. The van der Waals surface area contributed by atoms with Crippen LogP contribution in [0.15, 0.2) is 41.5 Å². The van der Waals surface area contributed by atoms with Crippen molar-refractivity contribution in [1.82, 2.24) is 4.98 Å². The number of carbonyl (C=O) groups is 1. The van der Waals surface area contributed by atoms with Gasteiger partial charge in [-0.25, -0.2) is 4.98 Å². The Kier molecular flexibility index (Phi) is 5.58. The first-order valence-electron chi connectivity index (χ1n) is 8.21. The van der Waals surface area contributed by atoms with Gasteiger partial charge in [-0.1, -0.05) is 35.5 Å². The highest BCUT2D eigenvalue weighted by Gasteiger charge is 2.32. The van der Waals surface area contributed by atoms with Crippen LogP contribution in [0.25, 0.3) is 0 Å². The number of benzene rings is 1. The fourth-order valence-corrected chi connectivity index (χ4v) is 4.00. The average Bonchev–Trinajstić information content (AvgIpc) is 2.61. The van der Waals surface area contributed by atoms with E-state index in [9.17, 15) is 18.0 Å². The van der Waals surface area contributed by atoms with Crippen LogP contribution in [0.3, 0.4) is 0 Å². The number of aromatic nitrogens is 1. The van der Waals surface area contributed by atoms with Gasteiger partial charge in [-0.3, -0.25) is 9.79 Å². The summed E-state index contributed by atoms with van der Waals surface area (Å²) in [5.41, 5.74) is 5.33. The molecule has 0 spiro atoms. The fraction of sp³-hybridized carbons (Fsp3) is 0.278. The molecule has 1 aliphatic rings. The number of carbonyl (C=O) groups excluding carboxylic acids is 1. The number of alkyl halides is 3. The molecular weight excluding hydrogens is 413 g/mol. The zero-order valence-corrected chi connectivity index (χ0v) is 16.3. The molecule has 2 heterocycles. The number of amidine groups is 1. The highest BCUT2D eigenvalue weighted by Crippen LogP contribution is 2.36. The van der Waals surface area contributed by atoms with Crippen molar-refractivity contribution < 1.29 is 18.0 Å². The molecule has 1 unspecified atom stereocenters. The number of halogens is 4. The molecule has 10 heteroatoms. The highest BCUT2D eigenvalue weighted by atomic mass is 35.5. The number of pyridine rings is 1. The number of hydrogen-bond acceptors (Lipinski definition) is 5. The smallest absolute Gasteiger partial charge is 0.379 e. The molecule has 0 saturated heterocycles. The van der Waals surface area contributed by atoms with E-state index in [1.165, 1.54) is 11.8 Å². The number of hydrogen-bond donors (Lipinski definition) is 2. The van der Waals surface area contributed by atoms with Gasteiger partial charge in [0.2, 0.25) is 0 Å². The standard InChI is InChI=1S/C18H16ClF3N4OS/c1-17(5-6-28-16(23)26-17)10-3-2-4-12(7-10)25-15(27)14-13(19)8-11(9-24-14)18(20,21)22/h2-4,7-9H,5-6H2,1H3,(H2,23,26)(H,25,27). The van der Waals surface area contributed by atoms with Crippen LogP contribution in [0.1, 0.15) is 35.0 Å². The zero-order valence-electron chi connectivity index (χ0n) is 14.7. The summed E-state index contributed by atoms with van der Waals surface area (Å²) in [7, 11) is 0. The van der Waals surface area contributed by atoms with Crippen LogP contribution in [0.4, 0.5) is 18.9 Å². The van der Waals surface area contributed by atoms with Crippen LogP contribution in [0, 0.1) is 0 Å². The van der Waals surface area contributed by atoms with Crippen LogP contribution in [-0.2, 0) is 11.7 Å². The molecule has 5 nitrogen and oxygen atoms in total. The van der Waals surface area contributed by atoms with E-state index < -0.39 is 23.2 Å². The quantitative estimate of drug-likeness (QED) is 0.744. The van der Waals surface area contributed by atoms with E-state index in [0.29, 0.717) is 23.1 Å². The van der Waals surface area contributed by atoms with Gasteiger partial charge in [-0.05, 0) is 37.1 Å². The minimum Gasteiger partial charge on any atom is -0.379 e. The van der Waals surface area contributed by atoms with Gasteiger partial charge in [-0.15, -0.1) is 0 Å². The molecule has 1 aliphatic heterocycles. The molecule has 0 aliphatic carbocycles. The molecule has 3 rings (SSSR count). The normalized spacial score (nSPS) is 19.8. The Morgan fingerprint density at radius 1 is 1.36 bits per heavy atom. The topological polar surface area (TPSA) is 80.4 Å². The van der Waals surface area contributed by atoms with Crippen LogP contribution in [0.5, 0.6) is 0 Å². The summed E-state index contributed by atoms with van der Waals surface area (Å²) in [6.45, 7) is 1.95. The Morgan fingerprint density at radius 3 is 2.75 bits per heavy atom. The number of nitrogens with zero attached hydrogens (tertiary/aromatic N) is 2. The first-order chi connectivity index (χ1) is 13.1. The van der Waals surface area contributed by atoms with Crippen molar-refractivity contribution >= 4 is 40.1 Å². The summed E-state index contributed by atoms with van der Waals surface area (Å²) < 4.78 is 38.1. The van der Waals surface area contributed by atoms with Gasteiger partial charge in [0.25, 0.3) is 5.91 Å². The summed E-state index contributed by atoms with van der Waals surface area (Å²) in [5, 5.41) is 2.74. The minimum absolute atomic E-state index is 0.289. The number of amides is 1. The van der Waals surface area contributed by atoms with E-state index in [-0.39, 0.29) is 10.7 Å². The van der Waals surface area contributed by atoms with Gasteiger partial charge < -0.3 is 11.1 Å². The van der Waals surface area contributed by atoms with Crippen LogP contribution < -0.4 is 11.1 Å². The van der Waals surface area contributed by atoms with E-state index in [1.807, 2.05) is 13.0 Å². The number of aliphatic imine (C=N–C) groups is 1. The molecule has 0 saturated carbocycles. The Morgan fingerprint density at radius 2 is 2.11 bits per heavy atom. The second kappa shape index (κ2) is 7.63. The van der Waals surface area contributed by atoms with Crippen molar-refractivity contribution in [2.45, 2.75) is 25.1 Å². The van der Waals surface area contributed by atoms with Crippen molar-refractivity contribution in [1.29, 1.82) is 0 Å². The molecule has 0 radical (unpaired) electrons. The summed E-state index contributed by atoms with van der Waals surface area (Å²) >= 11 is 7.32. The molecule has 1 aromatic heterocycles. The molecular formula is C18H16ClF3N4OS. The average molecular weight is 429 g/mol. The van der Waals surface area contributed by atoms with Crippen LogP contribution >= 0.6 is 23.4 Å². The van der Waals surface area contributed by atoms with Crippen molar-refractivity contribution in [3.8, 4) is 0 Å². The molecule has 1 aromatic carbocycles. The third kappa shape index (κ3) is 4.41. The van der Waals surface area contributed by atoms with Gasteiger partial charge in [0.15, 0.2) is 5.17 Å². The molecule has 2 aromatic rings. The number of thioether (sulfide) groups is 1. The third-order valence-corrected chi connectivity index (χ3v) is 5.41. The van der Waals surface area contributed by atoms with E-state index in [2.05, 4.69) is 15.3 Å². The maximum atomic E-state index is 12.7. The zero-order chi connectivity index (χ0) is 20.5. The molecule has 0 fully saturated rings. The lowest BCUT2D eigenvalue weighted by molar-refractivity contribution is -0.137. The van der Waals surface area contributed by atoms with E-state index >= 15 is 0 Å². The Labute approximate surface area is 168 Å². The molecule has 28 heavy (non-hydrogen) atoms. The Hall–Kier alpha value is -2.26. The second-order valence-electron chi connectivity index (χ2n) is 6.41. The number of anilines is 1. The summed E-state index contributed by atoms with van der Waals surface area (Å²) in [6, 6.07) is 7.73. The number of nitrogens with one attached hydrogen (secondary N) is 1. The summed E-state index contributed by atoms with van der Waals surface area (Å²) in [6.07, 6.45) is -3.23. The predicted octanol–water partition coefficient (Wildman–Crippen LogP) is 4.67. The Balaban J connectivity index is 1.83. The summed E-state index contributed by atoms with van der Waals surface area (Å²) in [4.78, 5) is 20.5. The maximum absolute atomic E-state index is 12.7.